The van der Waals surface area contributed by atoms with Gasteiger partial charge < -0.3 is 15.5 Å². The Morgan fingerprint density at radius 2 is 2.00 bits per heavy atom. The lowest BCUT2D eigenvalue weighted by molar-refractivity contribution is 0.0431. The lowest BCUT2D eigenvalue weighted by Gasteiger charge is -2.31. The van der Waals surface area contributed by atoms with Crippen LogP contribution in [-0.2, 0) is 0 Å². The van der Waals surface area contributed by atoms with Gasteiger partial charge in [-0.15, -0.1) is 0 Å². The molecule has 72 valence electrons. The van der Waals surface area contributed by atoms with Crippen LogP contribution in [0.5, 0.6) is 0 Å². The summed E-state index contributed by atoms with van der Waals surface area (Å²) in [7, 11) is 0. The molecule has 0 spiro atoms. The highest BCUT2D eigenvalue weighted by molar-refractivity contribution is 4.79. The van der Waals surface area contributed by atoms with Gasteiger partial charge in [0.2, 0.25) is 0 Å². The van der Waals surface area contributed by atoms with Crippen molar-refractivity contribution >= 4 is 0 Å². The van der Waals surface area contributed by atoms with Crippen molar-refractivity contribution in [2.24, 2.45) is 5.92 Å². The Balaban J connectivity index is 1.77. The monoisotopic (exact) mass is 173 g/mol. The van der Waals surface area contributed by atoms with Gasteiger partial charge in [-0.1, -0.05) is 0 Å². The Labute approximate surface area is 73.8 Å². The van der Waals surface area contributed by atoms with Crippen molar-refractivity contribution in [2.45, 2.75) is 31.8 Å². The Morgan fingerprint density at radius 1 is 1.25 bits per heavy atom. The third kappa shape index (κ3) is 3.52. The Bertz CT molecular complexity index is 113. The van der Waals surface area contributed by atoms with Crippen molar-refractivity contribution in [1.29, 1.82) is 0 Å². The minimum atomic E-state index is -0.0331. The molecule has 0 aromatic rings. The van der Waals surface area contributed by atoms with E-state index in [0.29, 0.717) is 12.5 Å². The molecule has 1 aliphatic carbocycles. The number of unbranched alkanes of at least 4 members (excludes halogenated alkanes) is 1. The van der Waals surface area contributed by atoms with Crippen LogP contribution in [-0.4, -0.2) is 36.0 Å². The number of hydrogen-bond acceptors (Lipinski definition) is 3. The van der Waals surface area contributed by atoms with Crippen molar-refractivity contribution in [1.82, 2.24) is 5.32 Å². The molecule has 1 rings (SSSR count). The lowest BCUT2D eigenvalue weighted by Crippen LogP contribution is -2.36. The molecule has 0 radical (unpaired) electrons. The van der Waals surface area contributed by atoms with Crippen molar-refractivity contribution in [2.75, 3.05) is 19.7 Å². The van der Waals surface area contributed by atoms with E-state index in [0.717, 1.165) is 38.8 Å². The van der Waals surface area contributed by atoms with Gasteiger partial charge in [-0.3, -0.25) is 0 Å². The third-order valence-electron chi connectivity index (χ3n) is 2.41. The van der Waals surface area contributed by atoms with Gasteiger partial charge in [-0.05, 0) is 44.7 Å². The highest BCUT2D eigenvalue weighted by Gasteiger charge is 2.26. The molecule has 1 fully saturated rings. The van der Waals surface area contributed by atoms with Crippen LogP contribution >= 0.6 is 0 Å². The molecule has 0 unspecified atom stereocenters. The van der Waals surface area contributed by atoms with Crippen LogP contribution in [0.3, 0.4) is 0 Å². The van der Waals surface area contributed by atoms with E-state index < -0.39 is 0 Å². The van der Waals surface area contributed by atoms with E-state index in [-0.39, 0.29) is 6.10 Å². The Hall–Kier alpha value is -0.120. The smallest absolute Gasteiger partial charge is 0.0546 e. The topological polar surface area (TPSA) is 52.5 Å². The zero-order valence-electron chi connectivity index (χ0n) is 7.50. The van der Waals surface area contributed by atoms with Crippen molar-refractivity contribution < 1.29 is 10.2 Å². The van der Waals surface area contributed by atoms with Crippen molar-refractivity contribution in [3.05, 3.63) is 0 Å². The summed E-state index contributed by atoms with van der Waals surface area (Å²) in [5, 5.41) is 20.8. The number of hydrogen-bond donors (Lipinski definition) is 3. The second-order valence-electron chi connectivity index (χ2n) is 3.63. The molecule has 1 aliphatic rings. The molecule has 0 heterocycles. The summed E-state index contributed by atoms with van der Waals surface area (Å²) in [5.41, 5.74) is 0. The van der Waals surface area contributed by atoms with Crippen molar-refractivity contribution in [3.8, 4) is 0 Å². The summed E-state index contributed by atoms with van der Waals surface area (Å²) in [6.45, 7) is 2.32. The molecule has 0 aromatic heterocycles. The summed E-state index contributed by atoms with van der Waals surface area (Å²) in [5.74, 6) is 0.689. The molecule has 0 saturated heterocycles. The molecule has 0 amide bonds. The van der Waals surface area contributed by atoms with Gasteiger partial charge in [0.05, 0.1) is 6.10 Å². The minimum absolute atomic E-state index is 0.0331. The average molecular weight is 173 g/mol. The highest BCUT2D eigenvalue weighted by Crippen LogP contribution is 2.25. The SMILES string of the molecule is OCCCCNCC1CC(O)C1. The van der Waals surface area contributed by atoms with E-state index in [9.17, 15) is 0 Å². The average Bonchev–Trinajstić information content (AvgIpc) is 2.00. The summed E-state index contributed by atoms with van der Waals surface area (Å²) in [4.78, 5) is 0. The molecule has 3 nitrogen and oxygen atoms in total. The first-order valence-electron chi connectivity index (χ1n) is 4.82. The molecular formula is C9H19NO2. The fraction of sp³-hybridized carbons (Fsp3) is 1.00. The molecule has 3 heteroatoms. The second kappa shape index (κ2) is 5.51. The summed E-state index contributed by atoms with van der Waals surface area (Å²) in [6, 6.07) is 0. The van der Waals surface area contributed by atoms with Gasteiger partial charge in [0.15, 0.2) is 0 Å². The predicted molar refractivity (Wildman–Crippen MR) is 47.9 cm³/mol. The fourth-order valence-electron chi connectivity index (χ4n) is 1.54. The molecule has 0 bridgehead atoms. The molecule has 3 N–H and O–H groups in total. The number of nitrogens with one attached hydrogen (secondary N) is 1. The van der Waals surface area contributed by atoms with Gasteiger partial charge >= 0.3 is 0 Å². The quantitative estimate of drug-likeness (QED) is 0.500. The van der Waals surface area contributed by atoms with E-state index in [1.807, 2.05) is 0 Å². The largest absolute Gasteiger partial charge is 0.396 e. The standard InChI is InChI=1S/C9H19NO2/c11-4-2-1-3-10-7-8-5-9(12)6-8/h8-12H,1-7H2. The fourth-order valence-corrected chi connectivity index (χ4v) is 1.54. The third-order valence-corrected chi connectivity index (χ3v) is 2.41. The normalized spacial score (nSPS) is 28.5. The molecular weight excluding hydrogens is 154 g/mol. The maximum absolute atomic E-state index is 9.00. The van der Waals surface area contributed by atoms with Gasteiger partial charge in [0, 0.05) is 6.61 Å². The van der Waals surface area contributed by atoms with Gasteiger partial charge in [0.25, 0.3) is 0 Å². The molecule has 0 atom stereocenters. The van der Waals surface area contributed by atoms with Gasteiger partial charge in [-0.2, -0.15) is 0 Å². The molecule has 0 aliphatic heterocycles. The summed E-state index contributed by atoms with van der Waals surface area (Å²) < 4.78 is 0. The minimum Gasteiger partial charge on any atom is -0.396 e. The van der Waals surface area contributed by atoms with E-state index in [2.05, 4.69) is 5.32 Å². The van der Waals surface area contributed by atoms with E-state index in [4.69, 9.17) is 10.2 Å². The van der Waals surface area contributed by atoms with Gasteiger partial charge in [-0.25, -0.2) is 0 Å². The van der Waals surface area contributed by atoms with Gasteiger partial charge in [0.1, 0.15) is 0 Å². The Kier molecular flexibility index (Phi) is 4.58. The Morgan fingerprint density at radius 3 is 2.58 bits per heavy atom. The van der Waals surface area contributed by atoms with Crippen LogP contribution in [0.2, 0.25) is 0 Å². The summed E-state index contributed by atoms with van der Waals surface area (Å²) >= 11 is 0. The number of aliphatic hydroxyl groups excluding tert-OH is 2. The lowest BCUT2D eigenvalue weighted by atomic mass is 9.82. The number of rotatable bonds is 6. The zero-order chi connectivity index (χ0) is 8.81. The van der Waals surface area contributed by atoms with E-state index in [1.54, 1.807) is 0 Å². The van der Waals surface area contributed by atoms with Crippen LogP contribution in [0.4, 0.5) is 0 Å². The maximum Gasteiger partial charge on any atom is 0.0546 e. The van der Waals surface area contributed by atoms with E-state index >= 15 is 0 Å². The molecule has 0 aromatic carbocycles. The first-order chi connectivity index (χ1) is 5.83. The van der Waals surface area contributed by atoms with E-state index in [1.165, 1.54) is 0 Å². The molecule has 12 heavy (non-hydrogen) atoms. The van der Waals surface area contributed by atoms with Crippen LogP contribution in [0.1, 0.15) is 25.7 Å². The first kappa shape index (κ1) is 9.96. The number of aliphatic hydroxyl groups is 2. The molecule has 1 saturated carbocycles. The maximum atomic E-state index is 9.00. The zero-order valence-corrected chi connectivity index (χ0v) is 7.50. The second-order valence-corrected chi connectivity index (χ2v) is 3.63. The van der Waals surface area contributed by atoms with Crippen LogP contribution in [0.25, 0.3) is 0 Å². The van der Waals surface area contributed by atoms with Crippen molar-refractivity contribution in [3.63, 3.8) is 0 Å². The van der Waals surface area contributed by atoms with Crippen LogP contribution in [0, 0.1) is 5.92 Å². The first-order valence-corrected chi connectivity index (χ1v) is 4.82. The highest BCUT2D eigenvalue weighted by atomic mass is 16.3. The van der Waals surface area contributed by atoms with Crippen LogP contribution in [0.15, 0.2) is 0 Å². The summed E-state index contributed by atoms with van der Waals surface area (Å²) in [6.07, 6.45) is 3.83. The van der Waals surface area contributed by atoms with Crippen LogP contribution < -0.4 is 5.32 Å². The predicted octanol–water partition coefficient (Wildman–Crippen LogP) is 0.119.